The summed E-state index contributed by atoms with van der Waals surface area (Å²) in [6.45, 7) is 0. The molecule has 1 aliphatic carbocycles. The maximum absolute atomic E-state index is 3.48. The topological polar surface area (TPSA) is 0 Å². The van der Waals surface area contributed by atoms with Gasteiger partial charge in [0.1, 0.15) is 0 Å². The smallest absolute Gasteiger partial charge is 1.00 e. The second-order valence-corrected chi connectivity index (χ2v) is 3.77. The Hall–Kier alpha value is 1.25. The number of alkyl halides is 1. The Kier molecular flexibility index (Phi) is 7.79. The van der Waals surface area contributed by atoms with Crippen LogP contribution in [0.2, 0.25) is 0 Å². The number of halogens is 1. The summed E-state index contributed by atoms with van der Waals surface area (Å²) in [7, 11) is 0. The Bertz CT molecular complexity index is 74.7. The molecule has 0 N–H and O–H groups in total. The fourth-order valence-electron chi connectivity index (χ4n) is 1.63. The molecule has 0 saturated heterocycles. The second kappa shape index (κ2) is 6.93. The average molecular weight is 217 g/mol. The van der Waals surface area contributed by atoms with Gasteiger partial charge >= 0.3 is 23.1 Å². The molecule has 0 bridgehead atoms. The van der Waals surface area contributed by atoms with Crippen molar-refractivity contribution in [2.24, 2.45) is 5.92 Å². The van der Waals surface area contributed by atoms with Gasteiger partial charge in [0.2, 0.25) is 0 Å². The maximum Gasteiger partial charge on any atom is 2.00 e. The normalized spacial score (nSPS) is 20.1. The number of rotatable bonds is 2. The molecule has 1 rings (SSSR count). The van der Waals surface area contributed by atoms with Crippen LogP contribution in [0.15, 0.2) is 0 Å². The number of hydrogen-bond acceptors (Lipinski definition) is 0. The first-order chi connectivity index (χ1) is 4.43. The van der Waals surface area contributed by atoms with Gasteiger partial charge in [0, 0.05) is 5.33 Å². The first-order valence-electron chi connectivity index (χ1n) is 3.99. The molecule has 0 unspecified atom stereocenters. The predicted octanol–water partition coefficient (Wildman–Crippen LogP) is 3.20. The van der Waals surface area contributed by atoms with Gasteiger partial charge in [-0.3, -0.25) is 0 Å². The summed E-state index contributed by atoms with van der Waals surface area (Å²) in [6, 6.07) is 0. The monoisotopic (exact) mass is 216 g/mol. The van der Waals surface area contributed by atoms with Crippen molar-refractivity contribution in [1.29, 1.82) is 0 Å². The molecule has 0 aliphatic heterocycles. The van der Waals surface area contributed by atoms with E-state index in [1.807, 2.05) is 0 Å². The van der Waals surface area contributed by atoms with Gasteiger partial charge in [0.25, 0.3) is 0 Å². The fraction of sp³-hybridized carbons (Fsp3) is 1.00. The Labute approximate surface area is 91.4 Å². The summed E-state index contributed by atoms with van der Waals surface area (Å²) in [5.74, 6) is 1.05. The van der Waals surface area contributed by atoms with E-state index < -0.39 is 0 Å². The van der Waals surface area contributed by atoms with E-state index in [1.54, 1.807) is 0 Å². The SMILES string of the molecule is BrCCC1CCCCC1.[H-].[H-].[Mg+2]. The fourth-order valence-corrected chi connectivity index (χ4v) is 2.28. The molecule has 10 heavy (non-hydrogen) atoms. The first-order valence-corrected chi connectivity index (χ1v) is 5.11. The summed E-state index contributed by atoms with van der Waals surface area (Å²) in [5.41, 5.74) is 0. The molecule has 0 aromatic carbocycles. The van der Waals surface area contributed by atoms with E-state index in [4.69, 9.17) is 0 Å². The van der Waals surface area contributed by atoms with Crippen LogP contribution in [-0.4, -0.2) is 28.4 Å². The molecular formula is C8H17BrMg. The minimum absolute atomic E-state index is 0. The molecule has 0 aromatic heterocycles. The van der Waals surface area contributed by atoms with Crippen molar-refractivity contribution >= 4 is 39.0 Å². The van der Waals surface area contributed by atoms with Crippen molar-refractivity contribution < 1.29 is 2.85 Å². The third kappa shape index (κ3) is 4.19. The molecule has 1 saturated carbocycles. The van der Waals surface area contributed by atoms with E-state index in [0.29, 0.717) is 0 Å². The summed E-state index contributed by atoms with van der Waals surface area (Å²) < 4.78 is 0. The largest absolute Gasteiger partial charge is 2.00 e. The Balaban J connectivity index is -0.000000270. The minimum atomic E-state index is 0. The van der Waals surface area contributed by atoms with Crippen LogP contribution in [0, 0.1) is 5.92 Å². The van der Waals surface area contributed by atoms with E-state index in [2.05, 4.69) is 15.9 Å². The van der Waals surface area contributed by atoms with Crippen LogP contribution >= 0.6 is 15.9 Å². The zero-order chi connectivity index (χ0) is 6.53. The Morgan fingerprint density at radius 3 is 2.30 bits per heavy atom. The maximum atomic E-state index is 3.48. The molecule has 1 aliphatic rings. The van der Waals surface area contributed by atoms with Gasteiger partial charge in [-0.05, 0) is 12.3 Å². The van der Waals surface area contributed by atoms with E-state index >= 15 is 0 Å². The van der Waals surface area contributed by atoms with E-state index in [0.717, 1.165) is 5.92 Å². The zero-order valence-electron chi connectivity index (χ0n) is 8.61. The number of hydrogen-bond donors (Lipinski definition) is 0. The summed E-state index contributed by atoms with van der Waals surface area (Å²) in [6.07, 6.45) is 8.84. The summed E-state index contributed by atoms with van der Waals surface area (Å²) >= 11 is 3.48. The quantitative estimate of drug-likeness (QED) is 0.492. The van der Waals surface area contributed by atoms with Crippen LogP contribution in [0.1, 0.15) is 41.4 Å². The van der Waals surface area contributed by atoms with Crippen LogP contribution in [0.25, 0.3) is 0 Å². The molecule has 0 nitrogen and oxygen atoms in total. The van der Waals surface area contributed by atoms with Gasteiger partial charge < -0.3 is 2.85 Å². The van der Waals surface area contributed by atoms with Gasteiger partial charge in [0.15, 0.2) is 0 Å². The van der Waals surface area contributed by atoms with E-state index in [9.17, 15) is 0 Å². The van der Waals surface area contributed by atoms with Crippen molar-refractivity contribution in [2.75, 3.05) is 5.33 Å². The Morgan fingerprint density at radius 1 is 1.20 bits per heavy atom. The van der Waals surface area contributed by atoms with Crippen LogP contribution in [-0.2, 0) is 0 Å². The molecule has 0 amide bonds. The molecule has 0 atom stereocenters. The minimum Gasteiger partial charge on any atom is -1.00 e. The second-order valence-electron chi connectivity index (χ2n) is 2.98. The molecule has 58 valence electrons. The van der Waals surface area contributed by atoms with Crippen molar-refractivity contribution in [3.63, 3.8) is 0 Å². The van der Waals surface area contributed by atoms with Crippen molar-refractivity contribution in [3.8, 4) is 0 Å². The summed E-state index contributed by atoms with van der Waals surface area (Å²) in [5, 5.41) is 1.21. The summed E-state index contributed by atoms with van der Waals surface area (Å²) in [4.78, 5) is 0. The van der Waals surface area contributed by atoms with E-state index in [1.165, 1.54) is 43.9 Å². The Morgan fingerprint density at radius 2 is 1.80 bits per heavy atom. The molecule has 0 heterocycles. The molecule has 1 fully saturated rings. The molecular weight excluding hydrogens is 200 g/mol. The van der Waals surface area contributed by atoms with Crippen molar-refractivity contribution in [2.45, 2.75) is 38.5 Å². The zero-order valence-corrected chi connectivity index (χ0v) is 9.61. The van der Waals surface area contributed by atoms with Crippen LogP contribution in [0.4, 0.5) is 0 Å². The van der Waals surface area contributed by atoms with Gasteiger partial charge in [0.05, 0.1) is 0 Å². The molecule has 0 radical (unpaired) electrons. The van der Waals surface area contributed by atoms with Crippen molar-refractivity contribution in [1.82, 2.24) is 0 Å². The van der Waals surface area contributed by atoms with Crippen LogP contribution < -0.4 is 0 Å². The van der Waals surface area contributed by atoms with Gasteiger partial charge in [-0.15, -0.1) is 0 Å². The molecule has 0 spiro atoms. The predicted molar refractivity (Wildman–Crippen MR) is 53.0 cm³/mol. The van der Waals surface area contributed by atoms with Gasteiger partial charge in [-0.1, -0.05) is 48.0 Å². The van der Waals surface area contributed by atoms with Crippen LogP contribution in [0.5, 0.6) is 0 Å². The first kappa shape index (κ1) is 11.2. The molecule has 2 heteroatoms. The third-order valence-electron chi connectivity index (χ3n) is 2.24. The van der Waals surface area contributed by atoms with Crippen LogP contribution in [0.3, 0.4) is 0 Å². The molecule has 0 aromatic rings. The standard InChI is InChI=1S/C8H15Br.Mg.2H/c9-7-6-8-4-2-1-3-5-8;;;/h8H,1-7H2;;;/q;+2;2*-1. The average Bonchev–Trinajstić information content (AvgIpc) is 1.91. The van der Waals surface area contributed by atoms with E-state index in [-0.39, 0.29) is 25.9 Å². The third-order valence-corrected chi connectivity index (χ3v) is 2.70. The van der Waals surface area contributed by atoms with Gasteiger partial charge in [-0.25, -0.2) is 0 Å². The van der Waals surface area contributed by atoms with Gasteiger partial charge in [-0.2, -0.15) is 0 Å². The van der Waals surface area contributed by atoms with Crippen molar-refractivity contribution in [3.05, 3.63) is 0 Å².